The van der Waals surface area contributed by atoms with E-state index in [1.807, 2.05) is 11.0 Å². The second-order valence-corrected chi connectivity index (χ2v) is 10.0. The number of carbonyl (C=O) groups is 2. The molecule has 7 nitrogen and oxygen atoms in total. The molecule has 0 aromatic heterocycles. The number of primary amides is 1. The minimum atomic E-state index is -0.656. The Morgan fingerprint density at radius 3 is 2.54 bits per heavy atom. The van der Waals surface area contributed by atoms with Crippen molar-refractivity contribution < 1.29 is 14.5 Å². The zero-order valence-electron chi connectivity index (χ0n) is 15.3. The number of hydrogen-bond donors (Lipinski definition) is 1. The van der Waals surface area contributed by atoms with Gasteiger partial charge in [0.05, 0.1) is 16.4 Å². The molecule has 0 spiro atoms. The van der Waals surface area contributed by atoms with Gasteiger partial charge in [0, 0.05) is 18.2 Å². The minimum Gasteiger partial charge on any atom is -0.369 e. The molecule has 5 fully saturated rings. The third-order valence-electron chi connectivity index (χ3n) is 7.54. The summed E-state index contributed by atoms with van der Waals surface area (Å²) in [7, 11) is 0. The number of nitro benzene ring substituents is 1. The lowest BCUT2D eigenvalue weighted by atomic mass is 9.46. The topological polar surface area (TPSA) is 107 Å². The third-order valence-corrected chi connectivity index (χ3v) is 8.43. The second kappa shape index (κ2) is 6.02. The number of β-lactam (4-membered cyclic amide) rings is 1. The van der Waals surface area contributed by atoms with Gasteiger partial charge < -0.3 is 10.6 Å². The molecular formula is C20H22BrN3O4. The fourth-order valence-electron chi connectivity index (χ4n) is 6.79. The van der Waals surface area contributed by atoms with Crippen LogP contribution < -0.4 is 5.73 Å². The summed E-state index contributed by atoms with van der Waals surface area (Å²) in [6.07, 6.45) is 4.77. The first-order valence-electron chi connectivity index (χ1n) is 9.82. The van der Waals surface area contributed by atoms with Crippen molar-refractivity contribution in [3.05, 3.63) is 39.9 Å². The molecule has 8 heteroatoms. The highest BCUT2D eigenvalue weighted by molar-refractivity contribution is 9.10. The van der Waals surface area contributed by atoms with Crippen molar-refractivity contribution >= 4 is 33.4 Å². The molecule has 5 unspecified atom stereocenters. The molecule has 0 radical (unpaired) electrons. The molecule has 148 valence electrons. The normalized spacial score (nSPS) is 41.0. The SMILES string of the molecule is NC(=O)C12CC3CC(CC(C3)C1N1C(=O)C(Br)C1c1cccc([N+](=O)[O-])c1)C2. The summed E-state index contributed by atoms with van der Waals surface area (Å²) >= 11 is 3.48. The van der Waals surface area contributed by atoms with E-state index < -0.39 is 15.2 Å². The average Bonchev–Trinajstić information content (AvgIpc) is 2.65. The Kier molecular flexibility index (Phi) is 3.89. The molecule has 4 saturated carbocycles. The van der Waals surface area contributed by atoms with Crippen molar-refractivity contribution in [2.24, 2.45) is 28.9 Å². The van der Waals surface area contributed by atoms with E-state index in [2.05, 4.69) is 15.9 Å². The molecule has 2 amide bonds. The largest absolute Gasteiger partial charge is 0.369 e. The highest BCUT2D eigenvalue weighted by Crippen LogP contribution is 2.63. The van der Waals surface area contributed by atoms with Gasteiger partial charge in [-0.25, -0.2) is 0 Å². The lowest BCUT2D eigenvalue weighted by molar-refractivity contribution is -0.385. The van der Waals surface area contributed by atoms with Crippen LogP contribution in [0, 0.1) is 33.3 Å². The number of non-ortho nitro benzene ring substituents is 1. The number of carbonyl (C=O) groups excluding carboxylic acids is 2. The van der Waals surface area contributed by atoms with Gasteiger partial charge in [-0.1, -0.05) is 28.1 Å². The van der Waals surface area contributed by atoms with E-state index in [1.165, 1.54) is 18.6 Å². The maximum atomic E-state index is 12.9. The Morgan fingerprint density at radius 2 is 1.93 bits per heavy atom. The second-order valence-electron chi connectivity index (χ2n) is 9.02. The molecule has 1 aliphatic heterocycles. The number of nitrogens with zero attached hydrogens (tertiary/aromatic N) is 2. The minimum absolute atomic E-state index is 0.00574. The van der Waals surface area contributed by atoms with E-state index in [1.54, 1.807) is 6.07 Å². The molecule has 2 N–H and O–H groups in total. The van der Waals surface area contributed by atoms with Crippen LogP contribution in [0.5, 0.6) is 0 Å². The number of benzene rings is 1. The van der Waals surface area contributed by atoms with Gasteiger partial charge in [0.15, 0.2) is 0 Å². The van der Waals surface area contributed by atoms with Gasteiger partial charge in [-0.15, -0.1) is 0 Å². The van der Waals surface area contributed by atoms with Gasteiger partial charge >= 0.3 is 0 Å². The summed E-state index contributed by atoms with van der Waals surface area (Å²) in [5.41, 5.74) is 6.02. The summed E-state index contributed by atoms with van der Waals surface area (Å²) in [4.78, 5) is 37.8. The quantitative estimate of drug-likeness (QED) is 0.331. The van der Waals surface area contributed by atoms with Crippen molar-refractivity contribution in [2.45, 2.75) is 49.0 Å². The standard InChI is InChI=1S/C20H22BrN3O4/c21-15-16(12-2-1-3-14(7-12)24(27)28)23(18(15)25)17-13-5-10-4-11(6-13)9-20(17,8-10)19(22)26/h1-3,7,10-11,13,15-17H,4-6,8-9H2,(H2,22,26). The van der Waals surface area contributed by atoms with Crippen LogP contribution in [0.2, 0.25) is 0 Å². The first-order valence-corrected chi connectivity index (χ1v) is 10.7. The fraction of sp³-hybridized carbons (Fsp3) is 0.600. The zero-order chi connectivity index (χ0) is 19.8. The number of nitrogens with two attached hydrogens (primary N) is 1. The molecule has 4 bridgehead atoms. The lowest BCUT2D eigenvalue weighted by Gasteiger charge is -2.65. The van der Waals surface area contributed by atoms with Crippen LogP contribution in [0.3, 0.4) is 0 Å². The monoisotopic (exact) mass is 447 g/mol. The van der Waals surface area contributed by atoms with Crippen molar-refractivity contribution in [2.75, 3.05) is 0 Å². The molecule has 5 aliphatic rings. The lowest BCUT2D eigenvalue weighted by Crippen LogP contribution is -2.72. The third kappa shape index (κ3) is 2.33. The van der Waals surface area contributed by atoms with Crippen LogP contribution in [0.25, 0.3) is 0 Å². The predicted molar refractivity (Wildman–Crippen MR) is 104 cm³/mol. The van der Waals surface area contributed by atoms with Gasteiger partial charge in [0.25, 0.3) is 5.69 Å². The summed E-state index contributed by atoms with van der Waals surface area (Å²) in [6, 6.07) is 5.93. The number of nitro groups is 1. The molecule has 1 saturated heterocycles. The zero-order valence-corrected chi connectivity index (χ0v) is 16.9. The summed E-state index contributed by atoms with van der Waals surface area (Å²) in [5, 5.41) is 11.2. The molecule has 1 aromatic rings. The maximum absolute atomic E-state index is 12.9. The number of amides is 2. The highest BCUT2D eigenvalue weighted by atomic mass is 79.9. The van der Waals surface area contributed by atoms with Gasteiger partial charge in [-0.3, -0.25) is 19.7 Å². The summed E-state index contributed by atoms with van der Waals surface area (Å²) < 4.78 is 0. The van der Waals surface area contributed by atoms with Gasteiger partial charge in [0.2, 0.25) is 11.8 Å². The van der Waals surface area contributed by atoms with Crippen LogP contribution in [-0.4, -0.2) is 32.5 Å². The molecule has 1 heterocycles. The predicted octanol–water partition coefficient (Wildman–Crippen LogP) is 2.92. The Hall–Kier alpha value is -1.96. The number of likely N-dealkylation sites (tertiary alicyclic amines) is 1. The van der Waals surface area contributed by atoms with E-state index in [-0.39, 0.29) is 35.5 Å². The molecule has 28 heavy (non-hydrogen) atoms. The van der Waals surface area contributed by atoms with Crippen LogP contribution >= 0.6 is 15.9 Å². The number of alkyl halides is 1. The Labute approximate surface area is 170 Å². The number of hydrogen-bond acceptors (Lipinski definition) is 4. The first-order chi connectivity index (χ1) is 13.3. The van der Waals surface area contributed by atoms with Gasteiger partial charge in [0.1, 0.15) is 4.83 Å². The van der Waals surface area contributed by atoms with Gasteiger partial charge in [-0.2, -0.15) is 0 Å². The van der Waals surface area contributed by atoms with E-state index in [0.717, 1.165) is 31.2 Å². The summed E-state index contributed by atoms with van der Waals surface area (Å²) in [5.74, 6) is 0.987. The van der Waals surface area contributed by atoms with Gasteiger partial charge in [-0.05, 0) is 55.4 Å². The average molecular weight is 448 g/mol. The van der Waals surface area contributed by atoms with E-state index in [9.17, 15) is 19.7 Å². The number of halogens is 1. The van der Waals surface area contributed by atoms with Crippen molar-refractivity contribution in [3.63, 3.8) is 0 Å². The Bertz CT molecular complexity index is 876. The molecule has 6 rings (SSSR count). The van der Waals surface area contributed by atoms with E-state index >= 15 is 0 Å². The van der Waals surface area contributed by atoms with Crippen molar-refractivity contribution in [1.82, 2.24) is 4.90 Å². The van der Waals surface area contributed by atoms with Crippen LogP contribution in [0.4, 0.5) is 5.69 Å². The van der Waals surface area contributed by atoms with Crippen LogP contribution in [0.15, 0.2) is 24.3 Å². The molecule has 1 aromatic carbocycles. The fourth-order valence-corrected chi connectivity index (χ4v) is 7.59. The summed E-state index contributed by atoms with van der Waals surface area (Å²) in [6.45, 7) is 0. The molecule has 4 aliphatic carbocycles. The maximum Gasteiger partial charge on any atom is 0.269 e. The Morgan fingerprint density at radius 1 is 1.25 bits per heavy atom. The van der Waals surface area contributed by atoms with Crippen LogP contribution in [-0.2, 0) is 9.59 Å². The Balaban J connectivity index is 1.55. The molecular weight excluding hydrogens is 426 g/mol. The van der Waals surface area contributed by atoms with E-state index in [0.29, 0.717) is 11.8 Å². The number of rotatable bonds is 4. The highest BCUT2D eigenvalue weighted by Gasteiger charge is 2.66. The van der Waals surface area contributed by atoms with E-state index in [4.69, 9.17) is 5.73 Å². The molecule has 5 atom stereocenters. The smallest absolute Gasteiger partial charge is 0.269 e. The van der Waals surface area contributed by atoms with Crippen molar-refractivity contribution in [3.8, 4) is 0 Å². The van der Waals surface area contributed by atoms with Crippen molar-refractivity contribution in [1.29, 1.82) is 0 Å². The van der Waals surface area contributed by atoms with Crippen LogP contribution in [0.1, 0.15) is 43.7 Å². The first kappa shape index (κ1) is 18.1.